The Morgan fingerprint density at radius 2 is 2.29 bits per heavy atom. The maximum Gasteiger partial charge on any atom is 0.348 e. The Morgan fingerprint density at radius 1 is 1.43 bits per heavy atom. The Balaban J connectivity index is 1.83. The highest BCUT2D eigenvalue weighted by Gasteiger charge is 2.35. The summed E-state index contributed by atoms with van der Waals surface area (Å²) in [6, 6.07) is 3.93. The van der Waals surface area contributed by atoms with Gasteiger partial charge in [-0.25, -0.2) is 4.98 Å². The molecule has 0 aliphatic carbocycles. The van der Waals surface area contributed by atoms with Crippen molar-refractivity contribution >= 4 is 23.4 Å². The zero-order valence-corrected chi connectivity index (χ0v) is 11.7. The molecular formula is C13H19N6O2+. The van der Waals surface area contributed by atoms with Gasteiger partial charge in [0.25, 0.3) is 0 Å². The normalized spacial score (nSPS) is 21.9. The molecule has 0 radical (unpaired) electrons. The van der Waals surface area contributed by atoms with Crippen molar-refractivity contribution in [1.29, 1.82) is 0 Å². The molecule has 0 bridgehead atoms. The fourth-order valence-corrected chi connectivity index (χ4v) is 2.80. The number of nitrogens with one attached hydrogen (secondary N) is 1. The number of fused-ring (bicyclic) bond motifs is 1. The minimum Gasteiger partial charge on any atom is -0.369 e. The van der Waals surface area contributed by atoms with Crippen LogP contribution in [0.4, 0.5) is 11.5 Å². The van der Waals surface area contributed by atoms with Crippen LogP contribution in [-0.2, 0) is 9.53 Å². The number of guanidine groups is 1. The lowest BCUT2D eigenvalue weighted by Gasteiger charge is -2.44. The molecule has 112 valence electrons. The number of carbonyl (C=O) groups is 1. The lowest BCUT2D eigenvalue weighted by atomic mass is 10.1. The molecule has 8 nitrogen and oxygen atoms in total. The molecule has 3 rings (SSSR count). The Hall–Kier alpha value is -2.35. The van der Waals surface area contributed by atoms with E-state index in [-0.39, 0.29) is 24.5 Å². The van der Waals surface area contributed by atoms with Crippen molar-refractivity contribution < 1.29 is 14.5 Å². The number of nitrogens with two attached hydrogens (primary N) is 2. The molecule has 0 aromatic carbocycles. The quantitative estimate of drug-likeness (QED) is 0.506. The number of rotatable bonds is 2. The SMILES string of the molecule is NC(N)=Nc1[nH+]cccc1N1CCN2C(=O)COC[C@H]2C1. The highest BCUT2D eigenvalue weighted by atomic mass is 16.5. The van der Waals surface area contributed by atoms with E-state index in [1.165, 1.54) is 0 Å². The average Bonchev–Trinajstić information content (AvgIpc) is 2.47. The molecule has 1 aromatic rings. The monoisotopic (exact) mass is 291 g/mol. The van der Waals surface area contributed by atoms with E-state index in [4.69, 9.17) is 16.2 Å². The van der Waals surface area contributed by atoms with Crippen molar-refractivity contribution in [3.05, 3.63) is 18.3 Å². The van der Waals surface area contributed by atoms with Gasteiger partial charge in [0.1, 0.15) is 12.3 Å². The number of aromatic amines is 1. The van der Waals surface area contributed by atoms with Gasteiger partial charge >= 0.3 is 11.8 Å². The predicted octanol–water partition coefficient (Wildman–Crippen LogP) is -1.55. The van der Waals surface area contributed by atoms with Crippen LogP contribution in [0.5, 0.6) is 0 Å². The van der Waals surface area contributed by atoms with E-state index in [1.807, 2.05) is 17.0 Å². The van der Waals surface area contributed by atoms with E-state index in [2.05, 4.69) is 14.9 Å². The van der Waals surface area contributed by atoms with E-state index in [0.717, 1.165) is 12.2 Å². The largest absolute Gasteiger partial charge is 0.369 e. The molecule has 21 heavy (non-hydrogen) atoms. The van der Waals surface area contributed by atoms with Gasteiger partial charge in [0, 0.05) is 19.6 Å². The van der Waals surface area contributed by atoms with Crippen LogP contribution in [-0.4, -0.2) is 55.7 Å². The maximum atomic E-state index is 11.8. The number of carbonyl (C=O) groups excluding carboxylic acids is 1. The average molecular weight is 291 g/mol. The van der Waals surface area contributed by atoms with Crippen LogP contribution in [0.15, 0.2) is 23.3 Å². The predicted molar refractivity (Wildman–Crippen MR) is 77.0 cm³/mol. The minimum atomic E-state index is 0.00788. The molecule has 8 heteroatoms. The van der Waals surface area contributed by atoms with Gasteiger partial charge in [-0.1, -0.05) is 0 Å². The topological polar surface area (TPSA) is 111 Å². The van der Waals surface area contributed by atoms with Gasteiger partial charge in [0.2, 0.25) is 5.91 Å². The highest BCUT2D eigenvalue weighted by molar-refractivity contribution is 5.81. The lowest BCUT2D eigenvalue weighted by molar-refractivity contribution is -0.362. The van der Waals surface area contributed by atoms with Crippen LogP contribution in [0.1, 0.15) is 0 Å². The van der Waals surface area contributed by atoms with E-state index in [9.17, 15) is 4.79 Å². The van der Waals surface area contributed by atoms with E-state index >= 15 is 0 Å². The molecule has 1 amide bonds. The third kappa shape index (κ3) is 2.75. The summed E-state index contributed by atoms with van der Waals surface area (Å²) in [5, 5.41) is 0. The summed E-state index contributed by atoms with van der Waals surface area (Å²) in [7, 11) is 0. The second kappa shape index (κ2) is 5.57. The molecular weight excluding hydrogens is 272 g/mol. The first-order valence-corrected chi connectivity index (χ1v) is 6.87. The first-order valence-electron chi connectivity index (χ1n) is 6.87. The molecule has 1 aromatic heterocycles. The van der Waals surface area contributed by atoms with Crippen molar-refractivity contribution in [3.8, 4) is 0 Å². The first kappa shape index (κ1) is 13.6. The number of hydrogen-bond donors (Lipinski definition) is 2. The van der Waals surface area contributed by atoms with Crippen molar-refractivity contribution in [2.45, 2.75) is 6.04 Å². The Morgan fingerprint density at radius 3 is 3.10 bits per heavy atom. The van der Waals surface area contributed by atoms with Crippen LogP contribution >= 0.6 is 0 Å². The van der Waals surface area contributed by atoms with Crippen LogP contribution in [0.2, 0.25) is 0 Å². The first-order chi connectivity index (χ1) is 10.1. The maximum absolute atomic E-state index is 11.8. The molecule has 2 saturated heterocycles. The van der Waals surface area contributed by atoms with Crippen molar-refractivity contribution in [1.82, 2.24) is 4.90 Å². The van der Waals surface area contributed by atoms with Gasteiger partial charge in [-0.2, -0.15) is 0 Å². The summed E-state index contributed by atoms with van der Waals surface area (Å²) >= 11 is 0. The van der Waals surface area contributed by atoms with Crippen molar-refractivity contribution in [3.63, 3.8) is 0 Å². The number of ether oxygens (including phenoxy) is 1. The molecule has 0 unspecified atom stereocenters. The number of aromatic nitrogens is 1. The molecule has 3 heterocycles. The molecule has 1 atom stereocenters. The Bertz CT molecular complexity index is 572. The zero-order valence-electron chi connectivity index (χ0n) is 11.7. The second-order valence-corrected chi connectivity index (χ2v) is 5.14. The number of pyridine rings is 1. The van der Waals surface area contributed by atoms with E-state index < -0.39 is 0 Å². The van der Waals surface area contributed by atoms with Crippen molar-refractivity contribution in [2.75, 3.05) is 37.7 Å². The molecule has 2 fully saturated rings. The number of morpholine rings is 1. The van der Waals surface area contributed by atoms with Gasteiger partial charge in [0.15, 0.2) is 0 Å². The van der Waals surface area contributed by atoms with Gasteiger partial charge in [-0.15, -0.1) is 0 Å². The molecule has 5 N–H and O–H groups in total. The fraction of sp³-hybridized carbons (Fsp3) is 0.462. The molecule has 0 saturated carbocycles. The number of H-pyrrole nitrogens is 1. The van der Waals surface area contributed by atoms with Crippen LogP contribution in [0, 0.1) is 0 Å². The molecule has 2 aliphatic rings. The van der Waals surface area contributed by atoms with Gasteiger partial charge in [0.05, 0.1) is 18.8 Å². The number of amides is 1. The number of hydrogen-bond acceptors (Lipinski definition) is 4. The summed E-state index contributed by atoms with van der Waals surface area (Å²) in [5.41, 5.74) is 11.8. The van der Waals surface area contributed by atoms with E-state index in [1.54, 1.807) is 6.20 Å². The van der Waals surface area contributed by atoms with E-state index in [0.29, 0.717) is 25.5 Å². The van der Waals surface area contributed by atoms with Crippen molar-refractivity contribution in [2.24, 2.45) is 16.5 Å². The number of nitrogens with zero attached hydrogens (tertiary/aromatic N) is 3. The summed E-state index contributed by atoms with van der Waals surface area (Å²) in [6.45, 7) is 2.89. The summed E-state index contributed by atoms with van der Waals surface area (Å²) in [6.07, 6.45) is 1.77. The van der Waals surface area contributed by atoms with Gasteiger partial charge in [-0.05, 0) is 17.1 Å². The second-order valence-electron chi connectivity index (χ2n) is 5.14. The van der Waals surface area contributed by atoms with Crippen LogP contribution < -0.4 is 21.4 Å². The number of anilines is 1. The highest BCUT2D eigenvalue weighted by Crippen LogP contribution is 2.26. The molecule has 0 spiro atoms. The minimum absolute atomic E-state index is 0.00788. The lowest BCUT2D eigenvalue weighted by Crippen LogP contribution is -2.60. The van der Waals surface area contributed by atoms with Crippen LogP contribution in [0.25, 0.3) is 0 Å². The Labute approximate surface area is 122 Å². The standard InChI is InChI=1S/C13H18N6O2/c14-13(15)17-12-10(2-1-3-16-12)18-4-5-19-9(6-18)7-21-8-11(19)20/h1-3,9H,4-8H2,(H4,14,15,16,17)/p+1/t9-/m1/s1. The Kier molecular flexibility index (Phi) is 3.61. The fourth-order valence-electron chi connectivity index (χ4n) is 2.80. The van der Waals surface area contributed by atoms with Crippen LogP contribution in [0.3, 0.4) is 0 Å². The number of piperazine rings is 1. The smallest absolute Gasteiger partial charge is 0.348 e. The van der Waals surface area contributed by atoms with Gasteiger partial charge < -0.3 is 26.0 Å². The summed E-state index contributed by atoms with van der Waals surface area (Å²) in [5.74, 6) is 0.692. The third-order valence-electron chi connectivity index (χ3n) is 3.73. The number of aliphatic imine (C=N–C) groups is 1. The zero-order chi connectivity index (χ0) is 14.8. The van der Waals surface area contributed by atoms with Gasteiger partial charge in [-0.3, -0.25) is 4.79 Å². The third-order valence-corrected chi connectivity index (χ3v) is 3.73. The summed E-state index contributed by atoms with van der Waals surface area (Å²) in [4.78, 5) is 23.0. The molecule has 2 aliphatic heterocycles. The summed E-state index contributed by atoms with van der Waals surface area (Å²) < 4.78 is 5.34.